The van der Waals surface area contributed by atoms with E-state index < -0.39 is 11.9 Å². The van der Waals surface area contributed by atoms with E-state index in [2.05, 4.69) is 27.5 Å². The lowest BCUT2D eigenvalue weighted by Gasteiger charge is -2.36. The van der Waals surface area contributed by atoms with Crippen LogP contribution in [0.25, 0.3) is 0 Å². The highest BCUT2D eigenvalue weighted by molar-refractivity contribution is 5.33. The molecule has 2 aliphatic rings. The van der Waals surface area contributed by atoms with Gasteiger partial charge in [-0.2, -0.15) is 13.2 Å². The molecule has 0 saturated carbocycles. The van der Waals surface area contributed by atoms with Gasteiger partial charge in [0.1, 0.15) is 5.82 Å². The minimum Gasteiger partial charge on any atom is -0.368 e. The van der Waals surface area contributed by atoms with Gasteiger partial charge in [0.15, 0.2) is 5.69 Å². The van der Waals surface area contributed by atoms with Crippen LogP contribution in [0.1, 0.15) is 31.4 Å². The third-order valence-corrected chi connectivity index (χ3v) is 4.72. The van der Waals surface area contributed by atoms with Crippen LogP contribution in [0.5, 0.6) is 0 Å². The van der Waals surface area contributed by atoms with Crippen LogP contribution < -0.4 is 5.32 Å². The number of hydrogen-bond acceptors (Lipinski definition) is 4. The number of fused-ring (bicyclic) bond motifs is 2. The Hall–Kier alpha value is -1.37. The molecule has 2 aliphatic heterocycles. The first-order valence-corrected chi connectivity index (χ1v) is 7.30. The first-order chi connectivity index (χ1) is 9.93. The minimum absolute atomic E-state index is 0.411. The molecule has 1 aromatic rings. The number of nitrogens with one attached hydrogen (secondary N) is 1. The fourth-order valence-corrected chi connectivity index (χ4v) is 3.52. The van der Waals surface area contributed by atoms with Crippen LogP contribution in [0.15, 0.2) is 12.1 Å². The van der Waals surface area contributed by atoms with Crippen LogP contribution in [-0.2, 0) is 6.18 Å². The van der Waals surface area contributed by atoms with Gasteiger partial charge in [0.05, 0.1) is 0 Å². The van der Waals surface area contributed by atoms with Crippen molar-refractivity contribution in [3.05, 3.63) is 17.8 Å². The van der Waals surface area contributed by atoms with Gasteiger partial charge in [0.2, 0.25) is 0 Å². The molecule has 21 heavy (non-hydrogen) atoms. The Morgan fingerprint density at radius 2 is 1.86 bits per heavy atom. The Kier molecular flexibility index (Phi) is 3.77. The van der Waals surface area contributed by atoms with Crippen molar-refractivity contribution in [2.75, 3.05) is 18.9 Å². The van der Waals surface area contributed by atoms with Crippen LogP contribution >= 0.6 is 0 Å². The second-order valence-electron chi connectivity index (χ2n) is 6.07. The Bertz CT molecular complexity index is 474. The quantitative estimate of drug-likeness (QED) is 0.932. The molecule has 2 fully saturated rings. The molecule has 4 nitrogen and oxygen atoms in total. The zero-order valence-corrected chi connectivity index (χ0v) is 11.9. The van der Waals surface area contributed by atoms with Crippen LogP contribution in [0.3, 0.4) is 0 Å². The van der Waals surface area contributed by atoms with Crippen molar-refractivity contribution in [1.29, 1.82) is 0 Å². The summed E-state index contributed by atoms with van der Waals surface area (Å²) in [4.78, 5) is 2.47. The first kappa shape index (κ1) is 14.6. The van der Waals surface area contributed by atoms with Gasteiger partial charge in [-0.1, -0.05) is 0 Å². The van der Waals surface area contributed by atoms with Crippen molar-refractivity contribution in [1.82, 2.24) is 15.1 Å². The van der Waals surface area contributed by atoms with Crippen molar-refractivity contribution in [2.24, 2.45) is 5.92 Å². The summed E-state index contributed by atoms with van der Waals surface area (Å²) < 4.78 is 37.2. The van der Waals surface area contributed by atoms with E-state index in [-0.39, 0.29) is 0 Å². The van der Waals surface area contributed by atoms with Gasteiger partial charge >= 0.3 is 6.18 Å². The lowest BCUT2D eigenvalue weighted by molar-refractivity contribution is -0.141. The Morgan fingerprint density at radius 3 is 2.38 bits per heavy atom. The maximum atomic E-state index is 12.4. The lowest BCUT2D eigenvalue weighted by Crippen LogP contribution is -2.41. The Balaban J connectivity index is 1.54. The van der Waals surface area contributed by atoms with E-state index in [0.717, 1.165) is 25.5 Å². The minimum atomic E-state index is -4.43. The summed E-state index contributed by atoms with van der Waals surface area (Å²) in [6, 6.07) is 3.64. The smallest absolute Gasteiger partial charge is 0.368 e. The van der Waals surface area contributed by atoms with Crippen molar-refractivity contribution in [3.63, 3.8) is 0 Å². The molecule has 0 amide bonds. The van der Waals surface area contributed by atoms with Crippen LogP contribution in [0.4, 0.5) is 19.0 Å². The summed E-state index contributed by atoms with van der Waals surface area (Å²) >= 11 is 0. The monoisotopic (exact) mass is 300 g/mol. The molecule has 1 N–H and O–H groups in total. The fourth-order valence-electron chi connectivity index (χ4n) is 3.52. The van der Waals surface area contributed by atoms with Gasteiger partial charge in [-0.25, -0.2) is 0 Å². The maximum absolute atomic E-state index is 12.4. The molecular formula is C14H19F3N4. The molecule has 0 spiro atoms. The average Bonchev–Trinajstić information content (AvgIpc) is 2.66. The van der Waals surface area contributed by atoms with E-state index in [9.17, 15) is 13.2 Å². The van der Waals surface area contributed by atoms with Crippen LogP contribution in [0, 0.1) is 5.92 Å². The normalized spacial score (nSPS) is 29.6. The Labute approximate surface area is 121 Å². The van der Waals surface area contributed by atoms with E-state index in [1.54, 1.807) is 0 Å². The van der Waals surface area contributed by atoms with Crippen LogP contribution in [0.2, 0.25) is 0 Å². The molecule has 2 atom stereocenters. The van der Waals surface area contributed by atoms with E-state index in [1.165, 1.54) is 18.9 Å². The number of alkyl halides is 3. The molecular weight excluding hydrogens is 281 g/mol. The summed E-state index contributed by atoms with van der Waals surface area (Å²) in [6.45, 7) is 0.751. The standard InChI is InChI=1S/C14H19F3N4/c1-21-10-2-3-11(21)7-9(6-10)8-18-13-5-4-12(19-20-13)14(15,16)17/h4-5,9-11H,2-3,6-8H2,1H3,(H,18,20). The van der Waals surface area contributed by atoms with E-state index in [0.29, 0.717) is 23.8 Å². The maximum Gasteiger partial charge on any atom is 0.435 e. The fraction of sp³-hybridized carbons (Fsp3) is 0.714. The zero-order valence-electron chi connectivity index (χ0n) is 11.9. The average molecular weight is 300 g/mol. The van der Waals surface area contributed by atoms with Gasteiger partial charge in [-0.15, -0.1) is 10.2 Å². The SMILES string of the molecule is CN1C2CCC1CC(CNc1ccc(C(F)(F)F)nn1)C2. The third kappa shape index (κ3) is 3.12. The van der Waals surface area contributed by atoms with Gasteiger partial charge < -0.3 is 10.2 Å². The molecule has 0 radical (unpaired) electrons. The Morgan fingerprint density at radius 1 is 1.19 bits per heavy atom. The molecule has 116 valence electrons. The van der Waals surface area contributed by atoms with Gasteiger partial charge in [-0.05, 0) is 50.8 Å². The number of hydrogen-bond donors (Lipinski definition) is 1. The summed E-state index contributed by atoms with van der Waals surface area (Å²) in [7, 11) is 2.19. The van der Waals surface area contributed by atoms with E-state index >= 15 is 0 Å². The molecule has 0 aromatic carbocycles. The van der Waals surface area contributed by atoms with Crippen molar-refractivity contribution < 1.29 is 13.2 Å². The lowest BCUT2D eigenvalue weighted by atomic mass is 9.91. The summed E-state index contributed by atoms with van der Waals surface area (Å²) in [5, 5.41) is 9.95. The number of rotatable bonds is 3. The van der Waals surface area contributed by atoms with Crippen molar-refractivity contribution in [2.45, 2.75) is 43.9 Å². The summed E-state index contributed by atoms with van der Waals surface area (Å²) in [5.41, 5.74) is -0.953. The van der Waals surface area contributed by atoms with Gasteiger partial charge in [0, 0.05) is 18.6 Å². The van der Waals surface area contributed by atoms with Gasteiger partial charge in [-0.3, -0.25) is 0 Å². The van der Waals surface area contributed by atoms with Crippen molar-refractivity contribution in [3.8, 4) is 0 Å². The molecule has 2 saturated heterocycles. The highest BCUT2D eigenvalue weighted by Gasteiger charge is 2.38. The van der Waals surface area contributed by atoms with Crippen LogP contribution in [-0.4, -0.2) is 40.8 Å². The molecule has 3 rings (SSSR count). The number of piperidine rings is 1. The predicted molar refractivity (Wildman–Crippen MR) is 72.8 cm³/mol. The molecule has 3 heterocycles. The summed E-state index contributed by atoms with van der Waals surface area (Å²) in [6.07, 6.45) is 0.385. The molecule has 0 aliphatic carbocycles. The topological polar surface area (TPSA) is 41.0 Å². The number of aromatic nitrogens is 2. The van der Waals surface area contributed by atoms with Crippen molar-refractivity contribution >= 4 is 5.82 Å². The van der Waals surface area contributed by atoms with Gasteiger partial charge in [0.25, 0.3) is 0 Å². The largest absolute Gasteiger partial charge is 0.435 e. The highest BCUT2D eigenvalue weighted by Crippen LogP contribution is 2.37. The molecule has 2 unspecified atom stereocenters. The second kappa shape index (κ2) is 5.44. The number of halogens is 3. The summed E-state index contributed by atoms with van der Waals surface area (Å²) in [5.74, 6) is 0.970. The zero-order chi connectivity index (χ0) is 15.0. The molecule has 1 aromatic heterocycles. The molecule has 2 bridgehead atoms. The number of anilines is 1. The third-order valence-electron chi connectivity index (χ3n) is 4.72. The number of nitrogens with zero attached hydrogens (tertiary/aromatic N) is 3. The van der Waals surface area contributed by atoms with E-state index in [1.807, 2.05) is 0 Å². The second-order valence-corrected chi connectivity index (χ2v) is 6.07. The predicted octanol–water partition coefficient (Wildman–Crippen LogP) is 2.78. The highest BCUT2D eigenvalue weighted by atomic mass is 19.4. The van der Waals surface area contributed by atoms with E-state index in [4.69, 9.17) is 0 Å². The molecule has 7 heteroatoms. The first-order valence-electron chi connectivity index (χ1n) is 7.30.